The van der Waals surface area contributed by atoms with Crippen molar-refractivity contribution in [2.45, 2.75) is 0 Å². The van der Waals surface area contributed by atoms with Gasteiger partial charge in [-0.15, -0.1) is 10.2 Å². The molecule has 0 aliphatic heterocycles. The Balaban J connectivity index is 2.47. The van der Waals surface area contributed by atoms with Gasteiger partial charge in [0, 0.05) is 13.7 Å². The monoisotopic (exact) mass is 306 g/mol. The van der Waals surface area contributed by atoms with Crippen molar-refractivity contribution in [2.75, 3.05) is 26.8 Å². The SMILES string of the molecule is COCCNC(=O)CNC(=O)c1cc(Cl)nnc1Cl. The molecule has 1 heterocycles. The van der Waals surface area contributed by atoms with Gasteiger partial charge in [0.2, 0.25) is 5.91 Å². The van der Waals surface area contributed by atoms with Crippen LogP contribution in [0, 0.1) is 0 Å². The molecule has 2 amide bonds. The molecule has 0 saturated heterocycles. The zero-order chi connectivity index (χ0) is 14.3. The molecule has 0 radical (unpaired) electrons. The Morgan fingerprint density at radius 2 is 2.05 bits per heavy atom. The number of methoxy groups -OCH3 is 1. The fourth-order valence-electron chi connectivity index (χ4n) is 1.12. The molecule has 7 nitrogen and oxygen atoms in total. The van der Waals surface area contributed by atoms with Crippen molar-refractivity contribution >= 4 is 35.0 Å². The molecule has 0 aliphatic carbocycles. The van der Waals surface area contributed by atoms with Crippen LogP contribution < -0.4 is 10.6 Å². The minimum atomic E-state index is -0.552. The van der Waals surface area contributed by atoms with Crippen LogP contribution >= 0.6 is 23.2 Å². The van der Waals surface area contributed by atoms with Crippen molar-refractivity contribution in [1.82, 2.24) is 20.8 Å². The van der Waals surface area contributed by atoms with Crippen molar-refractivity contribution in [3.8, 4) is 0 Å². The number of halogens is 2. The van der Waals surface area contributed by atoms with Crippen molar-refractivity contribution in [1.29, 1.82) is 0 Å². The number of nitrogens with one attached hydrogen (secondary N) is 2. The molecule has 0 unspecified atom stereocenters. The third-order valence-electron chi connectivity index (χ3n) is 2.00. The highest BCUT2D eigenvalue weighted by molar-refractivity contribution is 6.34. The summed E-state index contributed by atoms with van der Waals surface area (Å²) < 4.78 is 4.77. The predicted octanol–water partition coefficient (Wildman–Crippen LogP) is 0.276. The first-order valence-corrected chi connectivity index (χ1v) is 6.02. The van der Waals surface area contributed by atoms with Crippen LogP contribution in [0.3, 0.4) is 0 Å². The minimum absolute atomic E-state index is 0.0408. The molecule has 1 aromatic heterocycles. The summed E-state index contributed by atoms with van der Waals surface area (Å²) >= 11 is 11.3. The first-order valence-electron chi connectivity index (χ1n) is 5.27. The molecule has 0 saturated carbocycles. The summed E-state index contributed by atoms with van der Waals surface area (Å²) in [5.74, 6) is -0.890. The number of aromatic nitrogens is 2. The Hall–Kier alpha value is -1.44. The van der Waals surface area contributed by atoms with E-state index >= 15 is 0 Å². The molecule has 0 aromatic carbocycles. The van der Waals surface area contributed by atoms with E-state index in [-0.39, 0.29) is 28.3 Å². The first kappa shape index (κ1) is 15.6. The lowest BCUT2D eigenvalue weighted by atomic mass is 10.3. The van der Waals surface area contributed by atoms with E-state index in [0.717, 1.165) is 0 Å². The highest BCUT2D eigenvalue weighted by Gasteiger charge is 2.13. The van der Waals surface area contributed by atoms with Gasteiger partial charge in [-0.2, -0.15) is 0 Å². The van der Waals surface area contributed by atoms with Crippen molar-refractivity contribution in [3.05, 3.63) is 21.9 Å². The Morgan fingerprint density at radius 1 is 1.32 bits per heavy atom. The summed E-state index contributed by atoms with van der Waals surface area (Å²) in [5.41, 5.74) is 0.0614. The Labute approximate surface area is 119 Å². The van der Waals surface area contributed by atoms with Gasteiger partial charge >= 0.3 is 0 Å². The molecule has 1 rings (SSSR count). The van der Waals surface area contributed by atoms with Gasteiger partial charge < -0.3 is 15.4 Å². The molecule has 0 fully saturated rings. The highest BCUT2D eigenvalue weighted by Crippen LogP contribution is 2.14. The molecular weight excluding hydrogens is 295 g/mol. The predicted molar refractivity (Wildman–Crippen MR) is 69.3 cm³/mol. The minimum Gasteiger partial charge on any atom is -0.383 e. The van der Waals surface area contributed by atoms with Crippen molar-refractivity contribution in [3.63, 3.8) is 0 Å². The fourth-order valence-corrected chi connectivity index (χ4v) is 1.45. The van der Waals surface area contributed by atoms with Crippen molar-refractivity contribution in [2.24, 2.45) is 0 Å². The molecule has 0 bridgehead atoms. The second kappa shape index (κ2) is 7.88. The van der Waals surface area contributed by atoms with Crippen LogP contribution in [-0.2, 0) is 9.53 Å². The Bertz CT molecular complexity index is 470. The van der Waals surface area contributed by atoms with Crippen LogP contribution in [-0.4, -0.2) is 48.8 Å². The third-order valence-corrected chi connectivity index (χ3v) is 2.47. The van der Waals surface area contributed by atoms with Crippen LogP contribution in [0.2, 0.25) is 10.3 Å². The molecule has 9 heteroatoms. The number of carbonyl (C=O) groups excluding carboxylic acids is 2. The molecule has 104 valence electrons. The van der Waals surface area contributed by atoms with Crippen LogP contribution in [0.1, 0.15) is 10.4 Å². The molecule has 0 atom stereocenters. The second-order valence-corrected chi connectivity index (χ2v) is 4.14. The van der Waals surface area contributed by atoms with E-state index in [1.165, 1.54) is 13.2 Å². The Kier molecular flexibility index (Phi) is 6.48. The van der Waals surface area contributed by atoms with Crippen LogP contribution in [0.15, 0.2) is 6.07 Å². The average Bonchev–Trinajstić information content (AvgIpc) is 2.39. The number of amides is 2. The zero-order valence-corrected chi connectivity index (χ0v) is 11.6. The lowest BCUT2D eigenvalue weighted by Gasteiger charge is -2.07. The van der Waals surface area contributed by atoms with E-state index in [0.29, 0.717) is 13.2 Å². The topological polar surface area (TPSA) is 93.2 Å². The van der Waals surface area contributed by atoms with Gasteiger partial charge in [-0.1, -0.05) is 23.2 Å². The van der Waals surface area contributed by atoms with Gasteiger partial charge in [-0.05, 0) is 6.07 Å². The maximum Gasteiger partial charge on any atom is 0.255 e. The van der Waals surface area contributed by atoms with Crippen LogP contribution in [0.4, 0.5) is 0 Å². The molecule has 0 spiro atoms. The standard InChI is InChI=1S/C10H12Cl2N4O3/c1-19-3-2-13-8(17)5-14-10(18)6-4-7(11)15-16-9(6)12/h4H,2-3,5H2,1H3,(H,13,17)(H,14,18). The molecule has 19 heavy (non-hydrogen) atoms. The van der Waals surface area contributed by atoms with E-state index in [4.69, 9.17) is 27.9 Å². The van der Waals surface area contributed by atoms with Crippen LogP contribution in [0.25, 0.3) is 0 Å². The quantitative estimate of drug-likeness (QED) is 0.736. The number of rotatable bonds is 6. The van der Waals surface area contributed by atoms with Crippen molar-refractivity contribution < 1.29 is 14.3 Å². The molecule has 1 aromatic rings. The number of hydrogen-bond acceptors (Lipinski definition) is 5. The zero-order valence-electron chi connectivity index (χ0n) is 10.1. The van der Waals surface area contributed by atoms with E-state index < -0.39 is 5.91 Å². The third kappa shape index (κ3) is 5.37. The van der Waals surface area contributed by atoms with Gasteiger partial charge in [0.15, 0.2) is 10.3 Å². The average molecular weight is 307 g/mol. The van der Waals surface area contributed by atoms with Gasteiger partial charge in [-0.3, -0.25) is 9.59 Å². The maximum absolute atomic E-state index is 11.7. The van der Waals surface area contributed by atoms with E-state index in [2.05, 4.69) is 20.8 Å². The normalized spacial score (nSPS) is 10.1. The Morgan fingerprint density at radius 3 is 2.74 bits per heavy atom. The van der Waals surface area contributed by atoms with Crippen LogP contribution in [0.5, 0.6) is 0 Å². The van der Waals surface area contributed by atoms with E-state index in [9.17, 15) is 9.59 Å². The summed E-state index contributed by atoms with van der Waals surface area (Å²) in [4.78, 5) is 23.1. The van der Waals surface area contributed by atoms with Gasteiger partial charge in [0.05, 0.1) is 18.7 Å². The van der Waals surface area contributed by atoms with Gasteiger partial charge in [0.1, 0.15) is 0 Å². The smallest absolute Gasteiger partial charge is 0.255 e. The summed E-state index contributed by atoms with van der Waals surface area (Å²) in [5, 5.41) is 11.9. The van der Waals surface area contributed by atoms with Gasteiger partial charge in [-0.25, -0.2) is 0 Å². The summed E-state index contributed by atoms with van der Waals surface area (Å²) in [6, 6.07) is 1.27. The number of nitrogens with zero attached hydrogens (tertiary/aromatic N) is 2. The summed E-state index contributed by atoms with van der Waals surface area (Å²) in [7, 11) is 1.52. The largest absolute Gasteiger partial charge is 0.383 e. The lowest BCUT2D eigenvalue weighted by Crippen LogP contribution is -2.38. The molecule has 2 N–H and O–H groups in total. The van der Waals surface area contributed by atoms with Gasteiger partial charge in [0.25, 0.3) is 5.91 Å². The first-order chi connectivity index (χ1) is 9.04. The molecular formula is C10H12Cl2N4O3. The second-order valence-electron chi connectivity index (χ2n) is 3.40. The number of ether oxygens (including phenoxy) is 1. The van der Waals surface area contributed by atoms with E-state index in [1.807, 2.05) is 0 Å². The maximum atomic E-state index is 11.7. The van der Waals surface area contributed by atoms with E-state index in [1.54, 1.807) is 0 Å². The number of hydrogen-bond donors (Lipinski definition) is 2. The fraction of sp³-hybridized carbons (Fsp3) is 0.400. The summed E-state index contributed by atoms with van der Waals surface area (Å²) in [6.07, 6.45) is 0. The number of carbonyl (C=O) groups is 2. The summed E-state index contributed by atoms with van der Waals surface area (Å²) in [6.45, 7) is 0.586. The lowest BCUT2D eigenvalue weighted by molar-refractivity contribution is -0.120. The highest BCUT2D eigenvalue weighted by atomic mass is 35.5. The molecule has 0 aliphatic rings.